The van der Waals surface area contributed by atoms with Gasteiger partial charge in [0.15, 0.2) is 6.61 Å². The van der Waals surface area contributed by atoms with Crippen molar-refractivity contribution in [2.45, 2.75) is 12.3 Å². The Morgan fingerprint density at radius 2 is 1.73 bits per heavy atom. The molecule has 0 aromatic heterocycles. The van der Waals surface area contributed by atoms with Gasteiger partial charge in [-0.15, -0.1) is 0 Å². The van der Waals surface area contributed by atoms with E-state index in [1.807, 2.05) is 0 Å². The highest BCUT2D eigenvalue weighted by atomic mass is 35.5. The number of halogens is 5. The van der Waals surface area contributed by atoms with Gasteiger partial charge in [0.05, 0.1) is 0 Å². The van der Waals surface area contributed by atoms with Gasteiger partial charge >= 0.3 is 12.3 Å². The number of rotatable bonds is 4. The summed E-state index contributed by atoms with van der Waals surface area (Å²) in [6.45, 7) is -1.35. The van der Waals surface area contributed by atoms with Gasteiger partial charge in [-0.05, 0) is 24.3 Å². The lowest BCUT2D eigenvalue weighted by Crippen LogP contribution is -2.33. The third-order valence-electron chi connectivity index (χ3n) is 1.56. The maximum Gasteiger partial charge on any atom is 0.340 e. The topological polar surface area (TPSA) is 9.23 Å². The van der Waals surface area contributed by atoms with Crippen molar-refractivity contribution in [3.05, 3.63) is 29.3 Å². The summed E-state index contributed by atoms with van der Waals surface area (Å²) < 4.78 is 52.8. The molecule has 84 valence electrons. The minimum absolute atomic E-state index is 0.0692. The maximum atomic E-state index is 12.4. The molecule has 1 rings (SSSR count). The Morgan fingerprint density at radius 3 is 2.20 bits per heavy atom. The van der Waals surface area contributed by atoms with Crippen molar-refractivity contribution < 1.29 is 22.3 Å². The minimum atomic E-state index is -4.14. The van der Waals surface area contributed by atoms with Gasteiger partial charge in [-0.2, -0.15) is 8.78 Å². The summed E-state index contributed by atoms with van der Waals surface area (Å²) in [7, 11) is 0. The average molecular weight is 243 g/mol. The molecule has 0 atom stereocenters. The lowest BCUT2D eigenvalue weighted by molar-refractivity contribution is -0.148. The predicted molar refractivity (Wildman–Crippen MR) is 47.9 cm³/mol. The molecule has 0 aliphatic rings. The molecular formula is C9H7ClF4O. The normalized spacial score (nSPS) is 11.9. The second-order valence-corrected chi connectivity index (χ2v) is 3.24. The molecule has 0 aliphatic heterocycles. The predicted octanol–water partition coefficient (Wildman–Crippen LogP) is 3.62. The fraction of sp³-hybridized carbons (Fsp3) is 0.333. The molecule has 0 heterocycles. The summed E-state index contributed by atoms with van der Waals surface area (Å²) in [5, 5.41) is 0.406. The zero-order chi connectivity index (χ0) is 11.5. The van der Waals surface area contributed by atoms with Crippen LogP contribution in [0.25, 0.3) is 0 Å². The standard InChI is InChI=1S/C9H7ClF4O/c10-6-1-3-7(4-2-6)15-5-9(13,14)8(11)12/h1-4,8H,5H2. The summed E-state index contributed by atoms with van der Waals surface area (Å²) in [4.78, 5) is 0. The number of benzene rings is 1. The van der Waals surface area contributed by atoms with Crippen molar-refractivity contribution in [2.75, 3.05) is 6.61 Å². The van der Waals surface area contributed by atoms with E-state index in [0.717, 1.165) is 0 Å². The highest BCUT2D eigenvalue weighted by molar-refractivity contribution is 6.30. The Labute approximate surface area is 88.6 Å². The van der Waals surface area contributed by atoms with Crippen LogP contribution in [0.1, 0.15) is 0 Å². The Kier molecular flexibility index (Phi) is 3.79. The Balaban J connectivity index is 2.54. The lowest BCUT2D eigenvalue weighted by atomic mass is 10.3. The molecule has 15 heavy (non-hydrogen) atoms. The molecule has 1 aromatic carbocycles. The van der Waals surface area contributed by atoms with Crippen LogP contribution in [-0.2, 0) is 0 Å². The molecule has 1 aromatic rings. The number of ether oxygens (including phenoxy) is 1. The SMILES string of the molecule is FC(F)C(F)(F)COc1ccc(Cl)cc1. The summed E-state index contributed by atoms with van der Waals surface area (Å²) >= 11 is 5.53. The first-order valence-corrected chi connectivity index (χ1v) is 4.34. The molecule has 6 heteroatoms. The van der Waals surface area contributed by atoms with Crippen molar-refractivity contribution in [3.8, 4) is 5.75 Å². The molecule has 1 nitrogen and oxygen atoms in total. The minimum Gasteiger partial charge on any atom is -0.487 e. The van der Waals surface area contributed by atoms with Gasteiger partial charge < -0.3 is 4.74 Å². The van der Waals surface area contributed by atoms with Crippen molar-refractivity contribution in [1.29, 1.82) is 0 Å². The summed E-state index contributed by atoms with van der Waals surface area (Å²) in [5.74, 6) is -4.07. The molecule has 0 N–H and O–H groups in total. The van der Waals surface area contributed by atoms with Crippen LogP contribution in [-0.4, -0.2) is 19.0 Å². The van der Waals surface area contributed by atoms with Crippen molar-refractivity contribution in [2.24, 2.45) is 0 Å². The lowest BCUT2D eigenvalue weighted by Gasteiger charge is -2.15. The molecule has 0 aliphatic carbocycles. The zero-order valence-corrected chi connectivity index (χ0v) is 8.15. The number of hydrogen-bond donors (Lipinski definition) is 0. The molecular weight excluding hydrogens is 236 g/mol. The fourth-order valence-electron chi connectivity index (χ4n) is 0.773. The largest absolute Gasteiger partial charge is 0.487 e. The van der Waals surface area contributed by atoms with E-state index in [0.29, 0.717) is 5.02 Å². The second-order valence-electron chi connectivity index (χ2n) is 2.80. The summed E-state index contributed by atoms with van der Waals surface area (Å²) in [6.07, 6.45) is -3.73. The monoisotopic (exact) mass is 242 g/mol. The molecule has 0 radical (unpaired) electrons. The third kappa shape index (κ3) is 3.58. The third-order valence-corrected chi connectivity index (χ3v) is 1.82. The first-order valence-electron chi connectivity index (χ1n) is 3.96. The molecule has 0 fully saturated rings. The van der Waals surface area contributed by atoms with Crippen LogP contribution >= 0.6 is 11.6 Å². The van der Waals surface area contributed by atoms with E-state index in [9.17, 15) is 17.6 Å². The van der Waals surface area contributed by atoms with E-state index in [1.54, 1.807) is 0 Å². The molecule has 0 unspecified atom stereocenters. The molecule has 0 amide bonds. The van der Waals surface area contributed by atoms with Gasteiger partial charge in [-0.1, -0.05) is 11.6 Å². The zero-order valence-electron chi connectivity index (χ0n) is 7.39. The van der Waals surface area contributed by atoms with Gasteiger partial charge in [-0.3, -0.25) is 0 Å². The van der Waals surface area contributed by atoms with E-state index < -0.39 is 19.0 Å². The quantitative estimate of drug-likeness (QED) is 0.733. The Hall–Kier alpha value is -0.970. The van der Waals surface area contributed by atoms with Crippen LogP contribution < -0.4 is 4.74 Å². The molecule has 0 spiro atoms. The summed E-state index contributed by atoms with van der Waals surface area (Å²) in [5.41, 5.74) is 0. The van der Waals surface area contributed by atoms with E-state index in [2.05, 4.69) is 4.74 Å². The molecule has 0 saturated carbocycles. The first-order chi connectivity index (χ1) is 6.92. The number of alkyl halides is 4. The van der Waals surface area contributed by atoms with E-state index in [4.69, 9.17) is 11.6 Å². The van der Waals surface area contributed by atoms with Crippen LogP contribution in [0, 0.1) is 0 Å². The van der Waals surface area contributed by atoms with Crippen molar-refractivity contribution >= 4 is 11.6 Å². The molecule has 0 bridgehead atoms. The average Bonchev–Trinajstić information content (AvgIpc) is 2.17. The van der Waals surface area contributed by atoms with Gasteiger partial charge in [0.25, 0.3) is 0 Å². The van der Waals surface area contributed by atoms with Gasteiger partial charge in [0.2, 0.25) is 0 Å². The van der Waals surface area contributed by atoms with Crippen LogP contribution in [0.15, 0.2) is 24.3 Å². The Morgan fingerprint density at radius 1 is 1.20 bits per heavy atom. The van der Waals surface area contributed by atoms with Crippen LogP contribution in [0.2, 0.25) is 5.02 Å². The van der Waals surface area contributed by atoms with Crippen LogP contribution in [0.5, 0.6) is 5.75 Å². The van der Waals surface area contributed by atoms with E-state index in [-0.39, 0.29) is 5.75 Å². The highest BCUT2D eigenvalue weighted by Gasteiger charge is 2.41. The van der Waals surface area contributed by atoms with Crippen molar-refractivity contribution in [3.63, 3.8) is 0 Å². The van der Waals surface area contributed by atoms with Crippen molar-refractivity contribution in [1.82, 2.24) is 0 Å². The van der Waals surface area contributed by atoms with Gasteiger partial charge in [0, 0.05) is 5.02 Å². The number of hydrogen-bond acceptors (Lipinski definition) is 1. The maximum absolute atomic E-state index is 12.4. The smallest absolute Gasteiger partial charge is 0.340 e. The Bertz CT molecular complexity index is 312. The summed E-state index contributed by atoms with van der Waals surface area (Å²) in [6, 6.07) is 5.47. The molecule has 0 saturated heterocycles. The highest BCUT2D eigenvalue weighted by Crippen LogP contribution is 2.24. The van der Waals surface area contributed by atoms with E-state index in [1.165, 1.54) is 24.3 Å². The van der Waals surface area contributed by atoms with Crippen LogP contribution in [0.4, 0.5) is 17.6 Å². The van der Waals surface area contributed by atoms with Gasteiger partial charge in [-0.25, -0.2) is 8.78 Å². The fourth-order valence-corrected chi connectivity index (χ4v) is 0.899. The second kappa shape index (κ2) is 4.70. The first kappa shape index (κ1) is 12.1. The van der Waals surface area contributed by atoms with E-state index >= 15 is 0 Å². The van der Waals surface area contributed by atoms with Crippen LogP contribution in [0.3, 0.4) is 0 Å². The van der Waals surface area contributed by atoms with Gasteiger partial charge in [0.1, 0.15) is 5.75 Å².